The van der Waals surface area contributed by atoms with Gasteiger partial charge in [-0.05, 0) is 38.9 Å². The maximum Gasteiger partial charge on any atom is 0.292 e. The molecular weight excluding hydrogens is 280 g/mol. The summed E-state index contributed by atoms with van der Waals surface area (Å²) in [6, 6.07) is 3.75. The minimum absolute atomic E-state index is 0.171. The number of benzene rings is 1. The van der Waals surface area contributed by atoms with E-state index < -0.39 is 0 Å². The van der Waals surface area contributed by atoms with Crippen molar-refractivity contribution >= 4 is 17.1 Å². The predicted octanol–water partition coefficient (Wildman–Crippen LogP) is 2.95. The number of hydrogen-bond acceptors (Lipinski definition) is 5. The number of nitro benzene ring substituents is 1. The van der Waals surface area contributed by atoms with Gasteiger partial charge in [0.2, 0.25) is 0 Å². The molecular formula is C16H26N4O2. The summed E-state index contributed by atoms with van der Waals surface area (Å²) in [6.45, 7) is 5.95. The van der Waals surface area contributed by atoms with E-state index in [1.54, 1.807) is 6.07 Å². The van der Waals surface area contributed by atoms with E-state index >= 15 is 0 Å². The third kappa shape index (κ3) is 3.68. The van der Waals surface area contributed by atoms with E-state index in [4.69, 9.17) is 0 Å². The van der Waals surface area contributed by atoms with Gasteiger partial charge in [-0.15, -0.1) is 0 Å². The quantitative estimate of drug-likeness (QED) is 0.598. The Bertz CT molecular complexity index is 543. The molecule has 2 N–H and O–H groups in total. The Labute approximate surface area is 132 Å². The fourth-order valence-electron chi connectivity index (χ4n) is 2.97. The summed E-state index contributed by atoms with van der Waals surface area (Å²) >= 11 is 0. The fraction of sp³-hybridized carbons (Fsp3) is 0.625. The summed E-state index contributed by atoms with van der Waals surface area (Å²) in [5.74, 6) is 0.590. The van der Waals surface area contributed by atoms with Gasteiger partial charge < -0.3 is 15.5 Å². The van der Waals surface area contributed by atoms with Crippen LogP contribution in [-0.4, -0.2) is 43.0 Å². The summed E-state index contributed by atoms with van der Waals surface area (Å²) in [4.78, 5) is 13.2. The van der Waals surface area contributed by atoms with Crippen molar-refractivity contribution in [1.82, 2.24) is 4.90 Å². The van der Waals surface area contributed by atoms with Crippen LogP contribution >= 0.6 is 0 Å². The highest BCUT2D eigenvalue weighted by atomic mass is 16.6. The number of likely N-dealkylation sites (N-methyl/N-ethyl adjacent to an activating group) is 1. The van der Waals surface area contributed by atoms with Crippen molar-refractivity contribution in [2.24, 2.45) is 5.92 Å². The molecule has 0 spiro atoms. The Hall–Kier alpha value is -1.82. The monoisotopic (exact) mass is 306 g/mol. The molecule has 0 aromatic heterocycles. The topological polar surface area (TPSA) is 70.4 Å². The summed E-state index contributed by atoms with van der Waals surface area (Å²) in [5.41, 5.74) is 2.90. The van der Waals surface area contributed by atoms with Crippen LogP contribution in [0.25, 0.3) is 0 Å². The molecule has 0 saturated carbocycles. The number of nitrogens with one attached hydrogen (secondary N) is 2. The van der Waals surface area contributed by atoms with Crippen molar-refractivity contribution in [3.05, 3.63) is 27.8 Å². The van der Waals surface area contributed by atoms with Gasteiger partial charge in [0.05, 0.1) is 4.92 Å². The fourth-order valence-corrected chi connectivity index (χ4v) is 2.97. The SMILES string of the molecule is CC(C)CC(CNc1c([N+](=O)[O-])ccc2c1CCN2)N(C)C. The molecule has 0 saturated heterocycles. The van der Waals surface area contributed by atoms with Crippen LogP contribution in [0.4, 0.5) is 17.1 Å². The van der Waals surface area contributed by atoms with E-state index in [-0.39, 0.29) is 10.6 Å². The lowest BCUT2D eigenvalue weighted by molar-refractivity contribution is -0.384. The van der Waals surface area contributed by atoms with Crippen LogP contribution in [0.1, 0.15) is 25.8 Å². The Balaban J connectivity index is 2.21. The molecule has 0 radical (unpaired) electrons. The summed E-state index contributed by atoms with van der Waals surface area (Å²) in [6.07, 6.45) is 1.89. The highest BCUT2D eigenvalue weighted by Gasteiger charge is 2.24. The Kier molecular flexibility index (Phi) is 5.24. The van der Waals surface area contributed by atoms with Crippen molar-refractivity contribution in [3.8, 4) is 0 Å². The Morgan fingerprint density at radius 1 is 1.41 bits per heavy atom. The van der Waals surface area contributed by atoms with Crippen LogP contribution in [-0.2, 0) is 6.42 Å². The maximum atomic E-state index is 11.3. The normalized spacial score (nSPS) is 14.8. The average molecular weight is 306 g/mol. The lowest BCUT2D eigenvalue weighted by atomic mass is 10.0. The van der Waals surface area contributed by atoms with Crippen LogP contribution in [0.15, 0.2) is 12.1 Å². The first-order valence-corrected chi connectivity index (χ1v) is 7.84. The smallest absolute Gasteiger partial charge is 0.292 e. The molecule has 6 heteroatoms. The Morgan fingerprint density at radius 2 is 2.14 bits per heavy atom. The minimum atomic E-state index is -0.298. The van der Waals surface area contributed by atoms with Crippen molar-refractivity contribution in [2.75, 3.05) is 37.8 Å². The number of rotatable bonds is 7. The summed E-state index contributed by atoms with van der Waals surface area (Å²) in [7, 11) is 4.11. The van der Waals surface area contributed by atoms with Crippen LogP contribution in [0.2, 0.25) is 0 Å². The second-order valence-electron chi connectivity index (χ2n) is 6.55. The van der Waals surface area contributed by atoms with Gasteiger partial charge in [-0.2, -0.15) is 0 Å². The zero-order chi connectivity index (χ0) is 16.3. The zero-order valence-corrected chi connectivity index (χ0v) is 13.8. The first-order valence-electron chi connectivity index (χ1n) is 7.84. The standard InChI is InChI=1S/C16H26N4O2/c1-11(2)9-12(19(3)4)10-18-16-13-7-8-17-14(13)5-6-15(16)20(21)22/h5-6,11-12,17-18H,7-10H2,1-4H3. The lowest BCUT2D eigenvalue weighted by Crippen LogP contribution is -2.35. The molecule has 1 aromatic carbocycles. The predicted molar refractivity (Wildman–Crippen MR) is 90.7 cm³/mol. The molecule has 1 heterocycles. The van der Waals surface area contributed by atoms with E-state index in [0.29, 0.717) is 24.2 Å². The largest absolute Gasteiger partial charge is 0.384 e. The molecule has 22 heavy (non-hydrogen) atoms. The second-order valence-corrected chi connectivity index (χ2v) is 6.55. The van der Waals surface area contributed by atoms with Crippen molar-refractivity contribution < 1.29 is 4.92 Å². The number of anilines is 2. The van der Waals surface area contributed by atoms with Crippen molar-refractivity contribution in [1.29, 1.82) is 0 Å². The maximum absolute atomic E-state index is 11.3. The summed E-state index contributed by atoms with van der Waals surface area (Å²) < 4.78 is 0. The zero-order valence-electron chi connectivity index (χ0n) is 13.8. The van der Waals surface area contributed by atoms with E-state index in [1.807, 2.05) is 6.07 Å². The van der Waals surface area contributed by atoms with Gasteiger partial charge in [0.25, 0.3) is 5.69 Å². The Morgan fingerprint density at radius 3 is 2.73 bits per heavy atom. The molecule has 2 rings (SSSR count). The van der Waals surface area contributed by atoms with Gasteiger partial charge >= 0.3 is 0 Å². The minimum Gasteiger partial charge on any atom is -0.384 e. The van der Waals surface area contributed by atoms with Gasteiger partial charge in [0, 0.05) is 36.4 Å². The first-order chi connectivity index (χ1) is 10.4. The number of fused-ring (bicyclic) bond motifs is 1. The van der Waals surface area contributed by atoms with Crippen LogP contribution in [0, 0.1) is 16.0 Å². The highest BCUT2D eigenvalue weighted by Crippen LogP contribution is 2.36. The molecule has 1 aliphatic rings. The van der Waals surface area contributed by atoms with E-state index in [0.717, 1.165) is 30.6 Å². The van der Waals surface area contributed by atoms with Gasteiger partial charge in [-0.1, -0.05) is 13.8 Å². The van der Waals surface area contributed by atoms with E-state index in [2.05, 4.69) is 43.5 Å². The van der Waals surface area contributed by atoms with Crippen molar-refractivity contribution in [2.45, 2.75) is 32.7 Å². The van der Waals surface area contributed by atoms with Crippen LogP contribution < -0.4 is 10.6 Å². The molecule has 0 amide bonds. The molecule has 1 aliphatic heterocycles. The lowest BCUT2D eigenvalue weighted by Gasteiger charge is -2.27. The number of hydrogen-bond donors (Lipinski definition) is 2. The van der Waals surface area contributed by atoms with Crippen LogP contribution in [0.5, 0.6) is 0 Å². The van der Waals surface area contributed by atoms with Gasteiger partial charge in [-0.3, -0.25) is 10.1 Å². The van der Waals surface area contributed by atoms with Gasteiger partial charge in [0.15, 0.2) is 0 Å². The highest BCUT2D eigenvalue weighted by molar-refractivity contribution is 5.77. The first kappa shape index (κ1) is 16.5. The number of nitrogens with zero attached hydrogens (tertiary/aromatic N) is 2. The molecule has 1 aromatic rings. The van der Waals surface area contributed by atoms with Crippen molar-refractivity contribution in [3.63, 3.8) is 0 Å². The average Bonchev–Trinajstić information content (AvgIpc) is 2.90. The molecule has 1 unspecified atom stereocenters. The molecule has 122 valence electrons. The molecule has 0 bridgehead atoms. The van der Waals surface area contributed by atoms with Gasteiger partial charge in [-0.25, -0.2) is 0 Å². The number of nitro groups is 1. The van der Waals surface area contributed by atoms with E-state index in [9.17, 15) is 10.1 Å². The third-order valence-electron chi connectivity index (χ3n) is 4.17. The van der Waals surface area contributed by atoms with Crippen LogP contribution in [0.3, 0.4) is 0 Å². The molecule has 0 fully saturated rings. The molecule has 1 atom stereocenters. The van der Waals surface area contributed by atoms with E-state index in [1.165, 1.54) is 0 Å². The third-order valence-corrected chi connectivity index (χ3v) is 4.17. The van der Waals surface area contributed by atoms with Gasteiger partial charge in [0.1, 0.15) is 5.69 Å². The second kappa shape index (κ2) is 6.96. The summed E-state index contributed by atoms with van der Waals surface area (Å²) in [5, 5.41) is 17.9. The molecule has 0 aliphatic carbocycles. The molecule has 6 nitrogen and oxygen atoms in total.